The first-order chi connectivity index (χ1) is 14.7. The topological polar surface area (TPSA) is 47.6 Å². The summed E-state index contributed by atoms with van der Waals surface area (Å²) in [6.45, 7) is 2.07. The zero-order valence-electron chi connectivity index (χ0n) is 16.8. The molecule has 1 fully saturated rings. The van der Waals surface area contributed by atoms with Crippen LogP contribution in [-0.4, -0.2) is 5.91 Å². The van der Waals surface area contributed by atoms with Crippen molar-refractivity contribution in [3.05, 3.63) is 89.0 Å². The molecular weight excluding hydrogens is 394 g/mol. The number of nitrogens with one attached hydrogen (secondary N) is 1. The van der Waals surface area contributed by atoms with Crippen molar-refractivity contribution in [2.24, 2.45) is 0 Å². The van der Waals surface area contributed by atoms with E-state index in [9.17, 15) is 4.79 Å². The van der Waals surface area contributed by atoms with Gasteiger partial charge in [-0.3, -0.25) is 9.52 Å². The Morgan fingerprint density at radius 1 is 0.967 bits per heavy atom. The Balaban J connectivity index is 1.30. The van der Waals surface area contributed by atoms with Crippen molar-refractivity contribution in [2.75, 3.05) is 0 Å². The van der Waals surface area contributed by atoms with E-state index in [-0.39, 0.29) is 17.3 Å². The number of aryl methyl sites for hydroxylation is 1. The first-order valence-electron chi connectivity index (χ1n) is 10.2. The third kappa shape index (κ3) is 3.90. The second kappa shape index (κ2) is 8.07. The lowest BCUT2D eigenvalue weighted by atomic mass is 10.1. The van der Waals surface area contributed by atoms with Gasteiger partial charge in [-0.1, -0.05) is 42.0 Å². The highest BCUT2D eigenvalue weighted by Crippen LogP contribution is 2.41. The quantitative estimate of drug-likeness (QED) is 0.513. The van der Waals surface area contributed by atoms with Gasteiger partial charge in [0, 0.05) is 12.0 Å². The molecule has 0 saturated carbocycles. The van der Waals surface area contributed by atoms with Crippen LogP contribution in [0.3, 0.4) is 0 Å². The number of fused-ring (bicyclic) bond motifs is 1. The van der Waals surface area contributed by atoms with Gasteiger partial charge in [0.25, 0.3) is 0 Å². The summed E-state index contributed by atoms with van der Waals surface area (Å²) in [5, 5.41) is 0.181. The van der Waals surface area contributed by atoms with Gasteiger partial charge < -0.3 is 9.47 Å². The molecule has 2 aliphatic rings. The van der Waals surface area contributed by atoms with Crippen LogP contribution in [0, 0.1) is 6.92 Å². The normalized spacial score (nSPS) is 20.0. The lowest BCUT2D eigenvalue weighted by molar-refractivity contribution is -0.118. The van der Waals surface area contributed by atoms with Crippen LogP contribution in [0.25, 0.3) is 0 Å². The minimum Gasteiger partial charge on any atom is -0.486 e. The molecule has 1 heterocycles. The summed E-state index contributed by atoms with van der Waals surface area (Å²) < 4.78 is 15.3. The minimum absolute atomic E-state index is 0.0246. The fourth-order valence-corrected chi connectivity index (χ4v) is 4.92. The summed E-state index contributed by atoms with van der Waals surface area (Å²) in [6.07, 6.45) is 2.43. The van der Waals surface area contributed by atoms with E-state index in [1.54, 1.807) is 0 Å². The van der Waals surface area contributed by atoms with Crippen LogP contribution in [-0.2, 0) is 11.2 Å². The molecule has 2 unspecified atom stereocenters. The van der Waals surface area contributed by atoms with Crippen LogP contribution in [0.1, 0.15) is 46.4 Å². The van der Waals surface area contributed by atoms with E-state index in [1.807, 2.05) is 36.4 Å². The molecule has 3 aromatic rings. The molecule has 5 rings (SSSR count). The van der Waals surface area contributed by atoms with Gasteiger partial charge in [0.2, 0.25) is 5.91 Å². The highest BCUT2D eigenvalue weighted by Gasteiger charge is 2.28. The summed E-state index contributed by atoms with van der Waals surface area (Å²) in [6, 6.07) is 22.5. The Morgan fingerprint density at radius 2 is 1.73 bits per heavy atom. The Morgan fingerprint density at radius 3 is 2.47 bits per heavy atom. The fourth-order valence-electron chi connectivity index (χ4n) is 4.03. The molecule has 1 aliphatic carbocycles. The molecule has 152 valence electrons. The number of rotatable bonds is 5. The zero-order chi connectivity index (χ0) is 20.5. The van der Waals surface area contributed by atoms with Crippen molar-refractivity contribution in [1.29, 1.82) is 0 Å². The average Bonchev–Trinajstić information content (AvgIpc) is 3.38. The van der Waals surface area contributed by atoms with Gasteiger partial charge in [0.15, 0.2) is 0 Å². The van der Waals surface area contributed by atoms with Gasteiger partial charge in [-0.05, 0) is 73.2 Å². The third-order valence-electron chi connectivity index (χ3n) is 5.64. The van der Waals surface area contributed by atoms with E-state index < -0.39 is 0 Å². The first kappa shape index (κ1) is 19.1. The molecule has 4 nitrogen and oxygen atoms in total. The van der Waals surface area contributed by atoms with Crippen molar-refractivity contribution >= 4 is 17.9 Å². The highest BCUT2D eigenvalue weighted by atomic mass is 32.2. The number of amides is 1. The number of carbonyl (C=O) groups is 1. The molecule has 1 amide bonds. The first-order valence-corrected chi connectivity index (χ1v) is 11.1. The SMILES string of the molecule is Cc1ccc(Oc2cccc3c2CCC3Oc2ccc(C3CC(=O)NS3)cc2)cc1. The number of benzene rings is 3. The van der Waals surface area contributed by atoms with Crippen molar-refractivity contribution in [2.45, 2.75) is 37.5 Å². The second-order valence-corrected chi connectivity index (χ2v) is 8.80. The van der Waals surface area contributed by atoms with Crippen molar-refractivity contribution in [1.82, 2.24) is 4.72 Å². The van der Waals surface area contributed by atoms with Crippen LogP contribution in [0.15, 0.2) is 66.7 Å². The molecule has 1 aliphatic heterocycles. The molecule has 2 atom stereocenters. The zero-order valence-corrected chi connectivity index (χ0v) is 17.6. The van der Waals surface area contributed by atoms with E-state index >= 15 is 0 Å². The second-order valence-electron chi connectivity index (χ2n) is 7.79. The minimum atomic E-state index is 0.0246. The predicted molar refractivity (Wildman–Crippen MR) is 119 cm³/mol. The molecule has 0 bridgehead atoms. The predicted octanol–water partition coefficient (Wildman–Crippen LogP) is 6.06. The van der Waals surface area contributed by atoms with Gasteiger partial charge in [-0.25, -0.2) is 0 Å². The standard InChI is InChI=1S/C25H23NO3S/c1-16-5-9-18(10-6-16)28-22-4-2-3-20-21(22)13-14-23(20)29-19-11-7-17(8-12-19)24-15-25(27)26-30-24/h2-12,23-24H,13-15H2,1H3,(H,26,27). The van der Waals surface area contributed by atoms with Gasteiger partial charge in [-0.15, -0.1) is 0 Å². The maximum absolute atomic E-state index is 11.4. The Labute approximate surface area is 180 Å². The molecule has 0 spiro atoms. The van der Waals surface area contributed by atoms with Crippen LogP contribution in [0.5, 0.6) is 17.2 Å². The molecule has 0 aromatic heterocycles. The van der Waals surface area contributed by atoms with Crippen LogP contribution < -0.4 is 14.2 Å². The van der Waals surface area contributed by atoms with Gasteiger partial charge in [0.05, 0.1) is 5.25 Å². The lowest BCUT2D eigenvalue weighted by Crippen LogP contribution is -2.05. The van der Waals surface area contributed by atoms with Gasteiger partial charge >= 0.3 is 0 Å². The average molecular weight is 418 g/mol. The largest absolute Gasteiger partial charge is 0.486 e. The Bertz CT molecular complexity index is 1060. The van der Waals surface area contributed by atoms with E-state index in [0.717, 1.165) is 35.7 Å². The lowest BCUT2D eigenvalue weighted by Gasteiger charge is -2.17. The summed E-state index contributed by atoms with van der Waals surface area (Å²) >= 11 is 1.48. The maximum Gasteiger partial charge on any atom is 0.231 e. The van der Waals surface area contributed by atoms with Gasteiger partial charge in [0.1, 0.15) is 23.4 Å². The fraction of sp³-hybridized carbons (Fsp3) is 0.240. The summed E-state index contributed by atoms with van der Waals surface area (Å²) in [4.78, 5) is 11.4. The monoisotopic (exact) mass is 417 g/mol. The number of ether oxygens (including phenoxy) is 2. The summed E-state index contributed by atoms with van der Waals surface area (Å²) in [5.74, 6) is 2.71. The molecular formula is C25H23NO3S. The van der Waals surface area contributed by atoms with E-state index in [1.165, 1.54) is 28.6 Å². The van der Waals surface area contributed by atoms with E-state index in [4.69, 9.17) is 9.47 Å². The van der Waals surface area contributed by atoms with Crippen molar-refractivity contribution < 1.29 is 14.3 Å². The Kier molecular flexibility index (Phi) is 5.13. The van der Waals surface area contributed by atoms with Crippen LogP contribution >= 0.6 is 11.9 Å². The number of hydrogen-bond acceptors (Lipinski definition) is 4. The van der Waals surface area contributed by atoms with E-state index in [2.05, 4.69) is 42.0 Å². The molecule has 30 heavy (non-hydrogen) atoms. The van der Waals surface area contributed by atoms with Crippen molar-refractivity contribution in [3.8, 4) is 17.2 Å². The number of carbonyl (C=O) groups excluding carboxylic acids is 1. The van der Waals surface area contributed by atoms with E-state index in [0.29, 0.717) is 6.42 Å². The molecule has 1 N–H and O–H groups in total. The summed E-state index contributed by atoms with van der Waals surface area (Å²) in [7, 11) is 0. The maximum atomic E-state index is 11.4. The summed E-state index contributed by atoms with van der Waals surface area (Å²) in [5.41, 5.74) is 4.79. The Hall–Kier alpha value is -2.92. The van der Waals surface area contributed by atoms with Crippen molar-refractivity contribution in [3.63, 3.8) is 0 Å². The van der Waals surface area contributed by atoms with Gasteiger partial charge in [-0.2, -0.15) is 0 Å². The van der Waals surface area contributed by atoms with Crippen LogP contribution in [0.2, 0.25) is 0 Å². The molecule has 1 saturated heterocycles. The van der Waals surface area contributed by atoms with Crippen LogP contribution in [0.4, 0.5) is 0 Å². The smallest absolute Gasteiger partial charge is 0.231 e. The molecule has 0 radical (unpaired) electrons. The number of hydrogen-bond donors (Lipinski definition) is 1. The third-order valence-corrected chi connectivity index (χ3v) is 6.71. The molecule has 5 heteroatoms. The molecule has 3 aromatic carbocycles. The highest BCUT2D eigenvalue weighted by molar-refractivity contribution is 7.98.